The molecule has 4 atom stereocenters. The van der Waals surface area contributed by atoms with Gasteiger partial charge < -0.3 is 28.7 Å². The summed E-state index contributed by atoms with van der Waals surface area (Å²) in [5, 5.41) is 3.21. The van der Waals surface area contributed by atoms with Gasteiger partial charge in [0.2, 0.25) is 0 Å². The minimum absolute atomic E-state index is 0.0254. The number of carbonyl (C=O) groups is 1. The zero-order valence-corrected chi connectivity index (χ0v) is 27.5. The van der Waals surface area contributed by atoms with Crippen molar-refractivity contribution in [3.05, 3.63) is 71.8 Å². The molecule has 0 bridgehead atoms. The summed E-state index contributed by atoms with van der Waals surface area (Å²) in [4.78, 5) is 13.2. The van der Waals surface area contributed by atoms with Crippen molar-refractivity contribution in [2.24, 2.45) is 0 Å². The molecule has 1 unspecified atom stereocenters. The zero-order chi connectivity index (χ0) is 29.9. The highest BCUT2D eigenvalue weighted by Crippen LogP contribution is 2.45. The topological polar surface area (TPSA) is 75.3 Å². The average Bonchev–Trinajstić information content (AvgIpc) is 3.23. The maximum absolute atomic E-state index is 13.2. The predicted octanol–water partition coefficient (Wildman–Crippen LogP) is 6.23. The Balaban J connectivity index is 1.78. The summed E-state index contributed by atoms with van der Waals surface area (Å²) < 4.78 is 32.1. The molecule has 0 aromatic heterocycles. The maximum Gasteiger partial charge on any atom is 0.407 e. The average molecular weight is 584 g/mol. The van der Waals surface area contributed by atoms with Gasteiger partial charge in [-0.25, -0.2) is 4.79 Å². The number of ether oxygens (including phenoxy) is 4. The Morgan fingerprint density at radius 3 is 2.00 bits per heavy atom. The Kier molecular flexibility index (Phi) is 9.71. The largest absolute Gasteiger partial charge is 0.444 e. The first kappa shape index (κ1) is 31.7. The summed E-state index contributed by atoms with van der Waals surface area (Å²) in [7, 11) is -1.09. The second-order valence-corrected chi connectivity index (χ2v) is 16.7. The Morgan fingerprint density at radius 2 is 1.51 bits per heavy atom. The quantitative estimate of drug-likeness (QED) is 0.371. The van der Waals surface area contributed by atoms with Crippen molar-refractivity contribution in [2.75, 3.05) is 6.61 Å². The van der Waals surface area contributed by atoms with Crippen LogP contribution in [0.3, 0.4) is 0 Å². The summed E-state index contributed by atoms with van der Waals surface area (Å²) in [5.41, 5.74) is 0.458. The molecule has 0 radical (unpaired) electrons. The first-order valence-corrected chi connectivity index (χ1v) is 16.2. The van der Waals surface area contributed by atoms with Crippen molar-refractivity contribution in [3.63, 3.8) is 0 Å². The Hall–Kier alpha value is -2.23. The summed E-state index contributed by atoms with van der Waals surface area (Å²) in [6, 6.07) is 20.3. The fraction of sp³-hybridized carbons (Fsp3) is 0.606. The van der Waals surface area contributed by atoms with E-state index in [9.17, 15) is 4.79 Å². The van der Waals surface area contributed by atoms with E-state index in [2.05, 4.69) is 50.4 Å². The van der Waals surface area contributed by atoms with Gasteiger partial charge in [0, 0.05) is 6.42 Å². The number of hydrogen-bond acceptors (Lipinski definition) is 6. The lowest BCUT2D eigenvalue weighted by atomic mass is 9.76. The molecule has 4 rings (SSSR count). The molecule has 41 heavy (non-hydrogen) atoms. The van der Waals surface area contributed by atoms with Crippen molar-refractivity contribution >= 4 is 15.9 Å². The highest BCUT2D eigenvalue weighted by atomic mass is 28.2. The van der Waals surface area contributed by atoms with Crippen molar-refractivity contribution in [3.8, 4) is 0 Å². The van der Waals surface area contributed by atoms with Gasteiger partial charge in [-0.3, -0.25) is 0 Å². The van der Waals surface area contributed by atoms with Gasteiger partial charge in [-0.15, -0.1) is 0 Å². The fourth-order valence-corrected chi connectivity index (χ4v) is 6.82. The molecule has 2 aliphatic rings. The monoisotopic (exact) mass is 583 g/mol. The van der Waals surface area contributed by atoms with Crippen molar-refractivity contribution < 1.29 is 28.2 Å². The van der Waals surface area contributed by atoms with E-state index in [1.54, 1.807) is 0 Å². The van der Waals surface area contributed by atoms with Gasteiger partial charge in [0.05, 0.1) is 24.9 Å². The van der Waals surface area contributed by atoms with Gasteiger partial charge in [-0.05, 0) is 63.6 Å². The molecule has 0 aliphatic carbocycles. The molecule has 1 N–H and O–H groups in total. The summed E-state index contributed by atoms with van der Waals surface area (Å²) in [6.07, 6.45) is 1.08. The smallest absolute Gasteiger partial charge is 0.407 e. The van der Waals surface area contributed by atoms with Crippen LogP contribution in [0.2, 0.25) is 5.04 Å². The third kappa shape index (κ3) is 8.42. The van der Waals surface area contributed by atoms with Gasteiger partial charge in [-0.2, -0.15) is 0 Å². The first-order chi connectivity index (χ1) is 19.2. The van der Waals surface area contributed by atoms with Crippen molar-refractivity contribution in [2.45, 2.75) is 121 Å². The number of amides is 1. The number of alkyl carbamates (subject to hydrolysis) is 1. The van der Waals surface area contributed by atoms with E-state index in [1.165, 1.54) is 0 Å². The Bertz CT molecular complexity index is 1090. The lowest BCUT2D eigenvalue weighted by Gasteiger charge is -2.49. The standard InChI is InChI=1S/C33H49NO6Si/c1-30(2,3)39-29(35)34-27-20-19-25(21-26-22-36-32(7,8)38-26)37-28(27)33(40-41-31(4,5)6,23-15-11-9-12-16-23)24-17-13-10-14-18-24/h9-18,25-28H,19-22,41H2,1-8H3,(H,34,35)/t25-,26?,27+,28-/m0/s1. The maximum atomic E-state index is 13.2. The lowest BCUT2D eigenvalue weighted by Crippen LogP contribution is -2.61. The van der Waals surface area contributed by atoms with Gasteiger partial charge in [0.25, 0.3) is 0 Å². The fourth-order valence-electron chi connectivity index (χ4n) is 5.66. The third-order valence-electron chi connectivity index (χ3n) is 7.34. The highest BCUT2D eigenvalue weighted by molar-refractivity contribution is 6.32. The summed E-state index contributed by atoms with van der Waals surface area (Å²) in [5.74, 6) is -0.598. The number of carbonyl (C=O) groups excluding carboxylic acids is 1. The van der Waals surface area contributed by atoms with Crippen LogP contribution in [0.1, 0.15) is 85.8 Å². The van der Waals surface area contributed by atoms with Gasteiger partial charge >= 0.3 is 6.09 Å². The van der Waals surface area contributed by atoms with E-state index >= 15 is 0 Å². The van der Waals surface area contributed by atoms with Crippen molar-refractivity contribution in [1.82, 2.24) is 5.32 Å². The molecular weight excluding hydrogens is 534 g/mol. The van der Waals surface area contributed by atoms with E-state index in [0.717, 1.165) is 17.5 Å². The minimum Gasteiger partial charge on any atom is -0.444 e. The van der Waals surface area contributed by atoms with Crippen LogP contribution >= 0.6 is 0 Å². The van der Waals surface area contributed by atoms with E-state index < -0.39 is 38.9 Å². The molecule has 2 fully saturated rings. The number of benzene rings is 2. The van der Waals surface area contributed by atoms with Gasteiger partial charge in [0.15, 0.2) is 15.6 Å². The van der Waals surface area contributed by atoms with Crippen LogP contribution in [-0.4, -0.2) is 58.2 Å². The first-order valence-electron chi connectivity index (χ1n) is 14.9. The molecule has 0 saturated carbocycles. The normalized spacial score (nSPS) is 25.4. The molecule has 2 saturated heterocycles. The van der Waals surface area contributed by atoms with Crippen molar-refractivity contribution in [1.29, 1.82) is 0 Å². The minimum atomic E-state index is -1.09. The van der Waals surface area contributed by atoms with E-state index in [0.29, 0.717) is 19.4 Å². The van der Waals surface area contributed by atoms with Gasteiger partial charge in [0.1, 0.15) is 17.3 Å². The van der Waals surface area contributed by atoms with Crippen LogP contribution in [0, 0.1) is 0 Å². The van der Waals surface area contributed by atoms with Crippen LogP contribution < -0.4 is 5.32 Å². The van der Waals surface area contributed by atoms with Crippen LogP contribution in [0.15, 0.2) is 60.7 Å². The molecule has 226 valence electrons. The zero-order valence-electron chi connectivity index (χ0n) is 26.1. The molecule has 2 heterocycles. The van der Waals surface area contributed by atoms with Crippen LogP contribution in [-0.2, 0) is 29.0 Å². The van der Waals surface area contributed by atoms with Gasteiger partial charge in [-0.1, -0.05) is 81.4 Å². The van der Waals surface area contributed by atoms with E-state index in [-0.39, 0.29) is 23.3 Å². The molecule has 8 heteroatoms. The Morgan fingerprint density at radius 1 is 0.927 bits per heavy atom. The molecule has 1 amide bonds. The number of hydrogen-bond donors (Lipinski definition) is 1. The molecular formula is C33H49NO6Si. The van der Waals surface area contributed by atoms with Crippen LogP contribution in [0.25, 0.3) is 0 Å². The highest BCUT2D eigenvalue weighted by Gasteiger charge is 2.52. The molecule has 2 aromatic carbocycles. The third-order valence-corrected chi connectivity index (χ3v) is 8.80. The Labute approximate surface area is 248 Å². The van der Waals surface area contributed by atoms with E-state index in [1.807, 2.05) is 71.0 Å². The van der Waals surface area contributed by atoms with E-state index in [4.69, 9.17) is 23.4 Å². The number of nitrogens with one attached hydrogen (secondary N) is 1. The molecule has 7 nitrogen and oxygen atoms in total. The SMILES string of the molecule is CC(C)(C)OC(=O)N[C@@H]1CC[C@@H](CC2COC(C)(C)O2)O[C@@H]1C(O[SiH2]C(C)(C)C)(c1ccccc1)c1ccccc1. The molecule has 2 aromatic rings. The van der Waals surface area contributed by atoms with Crippen LogP contribution in [0.4, 0.5) is 4.79 Å². The molecule has 2 aliphatic heterocycles. The lowest BCUT2D eigenvalue weighted by molar-refractivity contribution is -0.167. The summed E-state index contributed by atoms with van der Waals surface area (Å²) >= 11 is 0. The second kappa shape index (κ2) is 12.6. The predicted molar refractivity (Wildman–Crippen MR) is 164 cm³/mol. The molecule has 0 spiro atoms. The van der Waals surface area contributed by atoms with Crippen LogP contribution in [0.5, 0.6) is 0 Å². The number of rotatable bonds is 8. The summed E-state index contributed by atoms with van der Waals surface area (Å²) in [6.45, 7) is 16.7. The second-order valence-electron chi connectivity index (χ2n) is 14.0.